The fourth-order valence-electron chi connectivity index (χ4n) is 4.63. The van der Waals surface area contributed by atoms with Gasteiger partial charge in [-0.05, 0) is 48.8 Å². The number of carboxylic acids is 1. The van der Waals surface area contributed by atoms with E-state index in [-0.39, 0.29) is 40.8 Å². The van der Waals surface area contributed by atoms with E-state index >= 15 is 0 Å². The maximum atomic E-state index is 13.1. The van der Waals surface area contributed by atoms with Gasteiger partial charge in [-0.15, -0.1) is 0 Å². The molecule has 1 aliphatic heterocycles. The first-order valence-electron chi connectivity index (χ1n) is 10.1. The number of alkyl halides is 3. The number of carbonyl (C=O) groups is 2. The van der Waals surface area contributed by atoms with E-state index in [0.29, 0.717) is 31.5 Å². The average Bonchev–Trinajstić information content (AvgIpc) is 3.38. The van der Waals surface area contributed by atoms with Crippen LogP contribution in [-0.2, 0) is 17.5 Å². The molecule has 1 aromatic carbocycles. The zero-order chi connectivity index (χ0) is 23.2. The highest BCUT2D eigenvalue weighted by atomic mass is 35.5. The second kappa shape index (κ2) is 8.40. The number of rotatable bonds is 4. The molecular formula is C21H21ClF3N3O4. The number of carboxylic acid groups (broad SMARTS) is 1. The zero-order valence-electron chi connectivity index (χ0n) is 17.1. The average molecular weight is 472 g/mol. The molecule has 2 heterocycles. The van der Waals surface area contributed by atoms with E-state index in [1.165, 1.54) is 19.2 Å². The number of fused-ring (bicyclic) bond motifs is 1. The molecule has 1 amide bonds. The molecule has 11 heteroatoms. The fraction of sp³-hybridized carbons (Fsp3) is 0.476. The lowest BCUT2D eigenvalue weighted by Crippen LogP contribution is -2.34. The summed E-state index contributed by atoms with van der Waals surface area (Å²) >= 11 is 5.82. The molecule has 0 radical (unpaired) electrons. The molecular weight excluding hydrogens is 451 g/mol. The zero-order valence-corrected chi connectivity index (χ0v) is 17.9. The van der Waals surface area contributed by atoms with Gasteiger partial charge in [-0.25, -0.2) is 9.59 Å². The molecule has 4 rings (SSSR count). The van der Waals surface area contributed by atoms with Crippen LogP contribution in [0.5, 0.6) is 0 Å². The van der Waals surface area contributed by atoms with Gasteiger partial charge < -0.3 is 14.7 Å². The largest absolute Gasteiger partial charge is 0.476 e. The lowest BCUT2D eigenvalue weighted by atomic mass is 10.0. The molecule has 2 unspecified atom stereocenters. The van der Waals surface area contributed by atoms with Crippen molar-refractivity contribution in [3.63, 3.8) is 0 Å². The van der Waals surface area contributed by atoms with Crippen molar-refractivity contribution in [3.8, 4) is 0 Å². The molecule has 1 aliphatic carbocycles. The van der Waals surface area contributed by atoms with Crippen molar-refractivity contribution in [2.45, 2.75) is 38.7 Å². The maximum Gasteiger partial charge on any atom is 0.416 e. The molecule has 2 atom stereocenters. The number of halogens is 4. The summed E-state index contributed by atoms with van der Waals surface area (Å²) in [6.07, 6.45) is -1.90. The van der Waals surface area contributed by atoms with Crippen LogP contribution in [0.2, 0.25) is 5.02 Å². The molecule has 1 saturated heterocycles. The van der Waals surface area contributed by atoms with Crippen molar-refractivity contribution in [1.29, 1.82) is 0 Å². The third kappa shape index (κ3) is 4.33. The summed E-state index contributed by atoms with van der Waals surface area (Å²) in [6, 6.07) is 3.65. The van der Waals surface area contributed by atoms with Gasteiger partial charge in [0.05, 0.1) is 29.5 Å². The number of benzene rings is 1. The van der Waals surface area contributed by atoms with Crippen molar-refractivity contribution in [1.82, 2.24) is 14.7 Å². The third-order valence-electron chi connectivity index (χ3n) is 6.27. The SMILES string of the molecule is Cc1c(COC2CC3CN(C(=O)n4cc(Cl)c(C(=O)O)n4)CC3C2)cccc1C(F)(F)F. The van der Waals surface area contributed by atoms with Gasteiger partial charge in [-0.1, -0.05) is 23.7 Å². The van der Waals surface area contributed by atoms with E-state index in [1.54, 1.807) is 11.0 Å². The number of hydrogen-bond acceptors (Lipinski definition) is 4. The lowest BCUT2D eigenvalue weighted by Gasteiger charge is -2.20. The summed E-state index contributed by atoms with van der Waals surface area (Å²) in [5, 5.41) is 12.7. The topological polar surface area (TPSA) is 84.7 Å². The van der Waals surface area contributed by atoms with Gasteiger partial charge in [-0.3, -0.25) is 0 Å². The number of nitrogens with zero attached hydrogens (tertiary/aromatic N) is 3. The predicted octanol–water partition coefficient (Wildman–Crippen LogP) is 4.46. The van der Waals surface area contributed by atoms with Gasteiger partial charge in [0.25, 0.3) is 0 Å². The number of aromatic carboxylic acids is 1. The van der Waals surface area contributed by atoms with Crippen LogP contribution in [0, 0.1) is 18.8 Å². The Morgan fingerprint density at radius 2 is 1.91 bits per heavy atom. The number of ether oxygens (including phenoxy) is 1. The Morgan fingerprint density at radius 1 is 1.25 bits per heavy atom. The van der Waals surface area contributed by atoms with Gasteiger partial charge in [0, 0.05) is 13.1 Å². The Morgan fingerprint density at radius 3 is 2.47 bits per heavy atom. The Labute approximate surface area is 186 Å². The molecule has 0 spiro atoms. The van der Waals surface area contributed by atoms with Crippen LogP contribution in [0.4, 0.5) is 18.0 Å². The van der Waals surface area contributed by atoms with E-state index in [2.05, 4.69) is 5.10 Å². The predicted molar refractivity (Wildman–Crippen MR) is 108 cm³/mol. The quantitative estimate of drug-likeness (QED) is 0.711. The van der Waals surface area contributed by atoms with E-state index in [0.717, 1.165) is 10.7 Å². The number of likely N-dealkylation sites (tertiary alicyclic amines) is 1. The molecule has 2 aliphatic rings. The molecule has 2 aromatic rings. The fourth-order valence-corrected chi connectivity index (χ4v) is 4.84. The van der Waals surface area contributed by atoms with Crippen molar-refractivity contribution >= 4 is 23.6 Å². The monoisotopic (exact) mass is 471 g/mol. The summed E-state index contributed by atoms with van der Waals surface area (Å²) in [4.78, 5) is 25.3. The number of carbonyl (C=O) groups excluding carboxylic acids is 1. The minimum absolute atomic E-state index is 0.0889. The normalized spacial score (nSPS) is 22.9. The second-order valence-corrected chi connectivity index (χ2v) is 8.68. The van der Waals surface area contributed by atoms with Gasteiger partial charge in [0.15, 0.2) is 5.69 Å². The van der Waals surface area contributed by atoms with Gasteiger partial charge in [0.2, 0.25) is 0 Å². The van der Waals surface area contributed by atoms with E-state index in [4.69, 9.17) is 21.4 Å². The smallest absolute Gasteiger partial charge is 0.416 e. The minimum Gasteiger partial charge on any atom is -0.476 e. The molecule has 2 fully saturated rings. The number of aromatic nitrogens is 2. The molecule has 1 N–H and O–H groups in total. The molecule has 0 bridgehead atoms. The minimum atomic E-state index is -4.40. The lowest BCUT2D eigenvalue weighted by molar-refractivity contribution is -0.138. The van der Waals surface area contributed by atoms with Gasteiger partial charge in [0.1, 0.15) is 0 Å². The Hall–Kier alpha value is -2.59. The number of amides is 1. The molecule has 1 saturated carbocycles. The molecule has 172 valence electrons. The summed E-state index contributed by atoms with van der Waals surface area (Å²) in [5.41, 5.74) is -0.342. The summed E-state index contributed by atoms with van der Waals surface area (Å²) in [6.45, 7) is 2.51. The van der Waals surface area contributed by atoms with Crippen molar-refractivity contribution in [2.24, 2.45) is 11.8 Å². The maximum absolute atomic E-state index is 13.1. The first-order valence-corrected chi connectivity index (χ1v) is 10.5. The van der Waals surface area contributed by atoms with Gasteiger partial charge in [-0.2, -0.15) is 23.0 Å². The van der Waals surface area contributed by atoms with Gasteiger partial charge >= 0.3 is 18.2 Å². The Balaban J connectivity index is 1.33. The second-order valence-electron chi connectivity index (χ2n) is 8.27. The first-order chi connectivity index (χ1) is 15.0. The van der Waals surface area contributed by atoms with Crippen molar-refractivity contribution < 1.29 is 32.6 Å². The van der Waals surface area contributed by atoms with Crippen LogP contribution in [0.3, 0.4) is 0 Å². The summed E-state index contributed by atoms with van der Waals surface area (Å²) in [5.74, 6) is -0.899. The number of hydrogen-bond donors (Lipinski definition) is 1. The van der Waals surface area contributed by atoms with Crippen molar-refractivity contribution in [2.75, 3.05) is 13.1 Å². The van der Waals surface area contributed by atoms with E-state index in [9.17, 15) is 22.8 Å². The highest BCUT2D eigenvalue weighted by Gasteiger charge is 2.43. The molecule has 1 aromatic heterocycles. The van der Waals surface area contributed by atoms with Crippen LogP contribution < -0.4 is 0 Å². The Kier molecular flexibility index (Phi) is 5.93. The van der Waals surface area contributed by atoms with Crippen LogP contribution in [0.15, 0.2) is 24.4 Å². The van der Waals surface area contributed by atoms with Crippen LogP contribution in [-0.4, -0.2) is 51.0 Å². The van der Waals surface area contributed by atoms with E-state index in [1.807, 2.05) is 0 Å². The van der Waals surface area contributed by atoms with Crippen molar-refractivity contribution in [3.05, 3.63) is 51.8 Å². The van der Waals surface area contributed by atoms with Crippen LogP contribution in [0.25, 0.3) is 0 Å². The third-order valence-corrected chi connectivity index (χ3v) is 6.55. The van der Waals surface area contributed by atoms with Crippen LogP contribution >= 0.6 is 11.6 Å². The first kappa shape index (κ1) is 22.6. The highest BCUT2D eigenvalue weighted by molar-refractivity contribution is 6.33. The molecule has 7 nitrogen and oxygen atoms in total. The Bertz CT molecular complexity index is 1040. The summed E-state index contributed by atoms with van der Waals surface area (Å²) in [7, 11) is 0. The van der Waals surface area contributed by atoms with Crippen LogP contribution in [0.1, 0.15) is 40.0 Å². The standard InChI is InChI=1S/C21H21ClF3N3O4/c1-11-12(3-2-4-16(11)21(23,24)25)10-32-15-5-13-7-27(8-14(13)6-15)20(31)28-9-17(22)18(26-28)19(29)30/h2-4,9,13-15H,5-8,10H2,1H3,(H,29,30). The van der Waals surface area contributed by atoms with E-state index < -0.39 is 23.7 Å². The highest BCUT2D eigenvalue weighted by Crippen LogP contribution is 2.40. The molecule has 32 heavy (non-hydrogen) atoms. The summed E-state index contributed by atoms with van der Waals surface area (Å²) < 4.78 is 46.2.